The SMILES string of the molecule is CCOC1CC(Nc2cc(Br)ccc2C#N)C12CCCC2. The van der Waals surface area contributed by atoms with Crippen molar-refractivity contribution in [3.05, 3.63) is 28.2 Å². The average Bonchev–Trinajstić information content (AvgIpc) is 2.99. The van der Waals surface area contributed by atoms with Crippen molar-refractivity contribution in [2.75, 3.05) is 11.9 Å². The van der Waals surface area contributed by atoms with Crippen LogP contribution in [-0.2, 0) is 4.74 Å². The maximum absolute atomic E-state index is 9.28. The highest BCUT2D eigenvalue weighted by atomic mass is 79.9. The summed E-state index contributed by atoms with van der Waals surface area (Å²) in [6, 6.07) is 8.50. The van der Waals surface area contributed by atoms with E-state index in [1.807, 2.05) is 18.2 Å². The van der Waals surface area contributed by atoms with E-state index in [2.05, 4.69) is 34.2 Å². The third-order valence-corrected chi connectivity index (χ3v) is 5.61. The number of halogens is 1. The number of rotatable bonds is 4. The zero-order chi connectivity index (χ0) is 14.9. The predicted octanol–water partition coefficient (Wildman–Crippen LogP) is 4.47. The van der Waals surface area contributed by atoms with Crippen LogP contribution in [0.4, 0.5) is 5.69 Å². The van der Waals surface area contributed by atoms with Gasteiger partial charge in [-0.05, 0) is 44.4 Å². The van der Waals surface area contributed by atoms with E-state index in [1.54, 1.807) is 0 Å². The smallest absolute Gasteiger partial charge is 0.101 e. The first-order valence-corrected chi connectivity index (χ1v) is 8.56. The largest absolute Gasteiger partial charge is 0.380 e. The molecule has 0 radical (unpaired) electrons. The molecule has 2 fully saturated rings. The highest BCUT2D eigenvalue weighted by Crippen LogP contribution is 2.55. The lowest BCUT2D eigenvalue weighted by Gasteiger charge is -2.54. The van der Waals surface area contributed by atoms with Crippen molar-refractivity contribution in [2.45, 2.75) is 51.2 Å². The molecule has 2 aliphatic rings. The molecule has 0 heterocycles. The summed E-state index contributed by atoms with van der Waals surface area (Å²) in [5.41, 5.74) is 1.94. The Morgan fingerprint density at radius 1 is 1.43 bits per heavy atom. The first kappa shape index (κ1) is 14.9. The van der Waals surface area contributed by atoms with Gasteiger partial charge in [0.05, 0.1) is 17.4 Å². The summed E-state index contributed by atoms with van der Waals surface area (Å²) in [7, 11) is 0. The van der Waals surface area contributed by atoms with Crippen LogP contribution >= 0.6 is 15.9 Å². The van der Waals surface area contributed by atoms with Crippen LogP contribution < -0.4 is 5.32 Å². The normalized spacial score (nSPS) is 26.3. The Morgan fingerprint density at radius 2 is 2.19 bits per heavy atom. The Kier molecular flexibility index (Phi) is 4.24. The summed E-state index contributed by atoms with van der Waals surface area (Å²) in [5.74, 6) is 0. The maximum Gasteiger partial charge on any atom is 0.101 e. The fourth-order valence-corrected chi connectivity index (χ4v) is 4.37. The molecule has 0 bridgehead atoms. The molecule has 112 valence electrons. The molecule has 1 spiro atoms. The Hall–Kier alpha value is -1.05. The molecule has 1 aromatic carbocycles. The molecule has 3 rings (SSSR count). The van der Waals surface area contributed by atoms with E-state index in [0.717, 1.165) is 23.2 Å². The number of hydrogen-bond acceptors (Lipinski definition) is 3. The minimum absolute atomic E-state index is 0.283. The van der Waals surface area contributed by atoms with Crippen LogP contribution in [0.2, 0.25) is 0 Å². The molecule has 0 amide bonds. The van der Waals surface area contributed by atoms with Crippen LogP contribution in [-0.4, -0.2) is 18.8 Å². The second-order valence-electron chi connectivity index (χ2n) is 6.12. The van der Waals surface area contributed by atoms with E-state index in [4.69, 9.17) is 4.74 Å². The number of hydrogen-bond donors (Lipinski definition) is 1. The first-order valence-electron chi connectivity index (χ1n) is 7.77. The molecule has 1 N–H and O–H groups in total. The fourth-order valence-electron chi connectivity index (χ4n) is 4.01. The predicted molar refractivity (Wildman–Crippen MR) is 87.2 cm³/mol. The van der Waals surface area contributed by atoms with E-state index >= 15 is 0 Å². The summed E-state index contributed by atoms with van der Waals surface area (Å²) in [4.78, 5) is 0. The van der Waals surface area contributed by atoms with Crippen LogP contribution in [0.1, 0.15) is 44.6 Å². The van der Waals surface area contributed by atoms with Crippen LogP contribution in [0.15, 0.2) is 22.7 Å². The molecule has 21 heavy (non-hydrogen) atoms. The minimum atomic E-state index is 0.283. The monoisotopic (exact) mass is 348 g/mol. The van der Waals surface area contributed by atoms with Crippen molar-refractivity contribution in [1.29, 1.82) is 5.26 Å². The summed E-state index contributed by atoms with van der Waals surface area (Å²) in [5, 5.41) is 12.9. The number of nitrogens with zero attached hydrogens (tertiary/aromatic N) is 1. The first-order chi connectivity index (χ1) is 10.2. The average molecular weight is 349 g/mol. The number of ether oxygens (including phenoxy) is 1. The molecule has 4 heteroatoms. The molecule has 0 aliphatic heterocycles. The second-order valence-corrected chi connectivity index (χ2v) is 7.03. The lowest BCUT2D eigenvalue weighted by Crippen LogP contribution is -2.60. The summed E-state index contributed by atoms with van der Waals surface area (Å²) >= 11 is 3.49. The molecule has 2 saturated carbocycles. The van der Waals surface area contributed by atoms with Crippen LogP contribution in [0.5, 0.6) is 0 Å². The van der Waals surface area contributed by atoms with Crippen molar-refractivity contribution in [2.24, 2.45) is 5.41 Å². The van der Waals surface area contributed by atoms with E-state index in [1.165, 1.54) is 25.7 Å². The van der Waals surface area contributed by atoms with Gasteiger partial charge < -0.3 is 10.1 Å². The van der Waals surface area contributed by atoms with Crippen LogP contribution in [0.25, 0.3) is 0 Å². The summed E-state index contributed by atoms with van der Waals surface area (Å²) in [6.07, 6.45) is 6.51. The lowest BCUT2D eigenvalue weighted by molar-refractivity contribution is -0.114. The van der Waals surface area contributed by atoms with E-state index in [-0.39, 0.29) is 5.41 Å². The molecule has 2 atom stereocenters. The van der Waals surface area contributed by atoms with Crippen LogP contribution in [0, 0.1) is 16.7 Å². The Morgan fingerprint density at radius 3 is 2.86 bits per heavy atom. The Balaban J connectivity index is 1.80. The van der Waals surface area contributed by atoms with E-state index in [0.29, 0.717) is 17.7 Å². The van der Waals surface area contributed by atoms with Crippen LogP contribution in [0.3, 0.4) is 0 Å². The van der Waals surface area contributed by atoms with Gasteiger partial charge in [0.1, 0.15) is 6.07 Å². The van der Waals surface area contributed by atoms with Gasteiger partial charge in [-0.15, -0.1) is 0 Å². The zero-order valence-corrected chi connectivity index (χ0v) is 13.9. The molecule has 3 nitrogen and oxygen atoms in total. The highest BCUT2D eigenvalue weighted by Gasteiger charge is 2.56. The van der Waals surface area contributed by atoms with Gasteiger partial charge in [-0.25, -0.2) is 0 Å². The molecule has 1 aromatic rings. The third-order valence-electron chi connectivity index (χ3n) is 5.12. The molecule has 0 saturated heterocycles. The van der Waals surface area contributed by atoms with Crippen molar-refractivity contribution in [1.82, 2.24) is 0 Å². The molecule has 2 aliphatic carbocycles. The van der Waals surface area contributed by atoms with Gasteiger partial charge in [0.15, 0.2) is 0 Å². The zero-order valence-electron chi connectivity index (χ0n) is 12.4. The minimum Gasteiger partial charge on any atom is -0.380 e. The standard InChI is InChI=1S/C17H21BrN2O/c1-2-21-16-10-15(17(16)7-3-4-8-17)20-14-9-13(18)6-5-12(14)11-19/h5-6,9,15-16,20H,2-4,7-8,10H2,1H3. The van der Waals surface area contributed by atoms with Crippen molar-refractivity contribution >= 4 is 21.6 Å². The Bertz CT molecular complexity index is 560. The van der Waals surface area contributed by atoms with Gasteiger partial charge in [-0.1, -0.05) is 28.8 Å². The number of nitrogens with one attached hydrogen (secondary N) is 1. The van der Waals surface area contributed by atoms with Gasteiger partial charge >= 0.3 is 0 Å². The second kappa shape index (κ2) is 5.98. The fraction of sp³-hybridized carbons (Fsp3) is 0.588. The highest BCUT2D eigenvalue weighted by molar-refractivity contribution is 9.10. The van der Waals surface area contributed by atoms with Crippen molar-refractivity contribution < 1.29 is 4.74 Å². The van der Waals surface area contributed by atoms with Gasteiger partial charge in [0, 0.05) is 22.5 Å². The molecule has 2 unspecified atom stereocenters. The van der Waals surface area contributed by atoms with Crippen molar-refractivity contribution in [3.8, 4) is 6.07 Å². The lowest BCUT2D eigenvalue weighted by atomic mass is 9.60. The maximum atomic E-state index is 9.28. The topological polar surface area (TPSA) is 45.0 Å². The summed E-state index contributed by atoms with van der Waals surface area (Å²) in [6.45, 7) is 2.87. The van der Waals surface area contributed by atoms with Crippen molar-refractivity contribution in [3.63, 3.8) is 0 Å². The quantitative estimate of drug-likeness (QED) is 0.872. The van der Waals surface area contributed by atoms with Gasteiger partial charge in [-0.3, -0.25) is 0 Å². The third kappa shape index (κ3) is 2.58. The number of nitriles is 1. The Labute approximate surface area is 134 Å². The molecular formula is C17H21BrN2O. The van der Waals surface area contributed by atoms with Gasteiger partial charge in [0.25, 0.3) is 0 Å². The molecule has 0 aromatic heterocycles. The van der Waals surface area contributed by atoms with E-state index < -0.39 is 0 Å². The van der Waals surface area contributed by atoms with Gasteiger partial charge in [-0.2, -0.15) is 5.26 Å². The number of benzene rings is 1. The van der Waals surface area contributed by atoms with Gasteiger partial charge in [0.2, 0.25) is 0 Å². The summed E-state index contributed by atoms with van der Waals surface area (Å²) < 4.78 is 6.95. The number of anilines is 1. The van der Waals surface area contributed by atoms with E-state index in [9.17, 15) is 5.26 Å². The molecular weight excluding hydrogens is 328 g/mol.